The first kappa shape index (κ1) is 19.5. The van der Waals surface area contributed by atoms with Gasteiger partial charge in [-0.2, -0.15) is 0 Å². The zero-order valence-corrected chi connectivity index (χ0v) is 18.0. The van der Waals surface area contributed by atoms with Crippen LogP contribution in [0.15, 0.2) is 10.5 Å². The number of rotatable bonds is 4. The highest BCUT2D eigenvalue weighted by molar-refractivity contribution is 8.01. The maximum Gasteiger partial charge on any atom is 0.233 e. The molecule has 0 saturated carbocycles. The third-order valence-electron chi connectivity index (χ3n) is 5.18. The number of ether oxygens (including phenoxy) is 1. The van der Waals surface area contributed by atoms with Crippen LogP contribution in [-0.2, 0) is 21.6 Å². The topological polar surface area (TPSA) is 84.3 Å². The molecule has 2 aromatic rings. The molecule has 2 aromatic heterocycles. The second kappa shape index (κ2) is 7.92. The van der Waals surface area contributed by atoms with E-state index in [1.54, 1.807) is 0 Å². The highest BCUT2D eigenvalue weighted by atomic mass is 32.2. The molecule has 4 heterocycles. The summed E-state index contributed by atoms with van der Waals surface area (Å²) in [7, 11) is 3.88. The van der Waals surface area contributed by atoms with E-state index in [1.807, 2.05) is 37.0 Å². The number of nitrogens with zero attached hydrogens (tertiary/aromatic N) is 6. The van der Waals surface area contributed by atoms with Crippen molar-refractivity contribution in [2.75, 3.05) is 44.4 Å². The number of fused-ring (bicyclic) bond motifs is 2. The molecule has 0 unspecified atom stereocenters. The molecule has 10 heteroatoms. The second-order valence-electron chi connectivity index (χ2n) is 7.29. The number of piperidine rings is 1. The Kier molecular flexibility index (Phi) is 5.52. The predicted octanol–water partition coefficient (Wildman–Crippen LogP) is 1.89. The standard InChI is InChI=1S/C18H24N6O2S2/c1-12-21-22-17(28-12)27-11-14(25)24-7-5-18(6-8-24)15-13(4-9-26-18)10-19-16(20-15)23(2)3/h10H,4-9,11H2,1-3H3. The fourth-order valence-electron chi connectivity index (χ4n) is 3.67. The van der Waals surface area contributed by atoms with Gasteiger partial charge in [-0.3, -0.25) is 4.79 Å². The van der Waals surface area contributed by atoms with E-state index in [0.717, 1.165) is 34.3 Å². The van der Waals surface area contributed by atoms with Crippen LogP contribution in [0.4, 0.5) is 5.95 Å². The van der Waals surface area contributed by atoms with Gasteiger partial charge in [0.15, 0.2) is 4.34 Å². The number of carbonyl (C=O) groups excluding carboxylic acids is 1. The first-order chi connectivity index (χ1) is 13.5. The van der Waals surface area contributed by atoms with Crippen molar-refractivity contribution in [2.24, 2.45) is 0 Å². The fraction of sp³-hybridized carbons (Fsp3) is 0.611. The minimum atomic E-state index is -0.401. The zero-order valence-electron chi connectivity index (χ0n) is 16.3. The largest absolute Gasteiger partial charge is 0.368 e. The first-order valence-corrected chi connectivity index (χ1v) is 11.2. The highest BCUT2D eigenvalue weighted by Gasteiger charge is 2.43. The first-order valence-electron chi connectivity index (χ1n) is 9.35. The molecule has 8 nitrogen and oxygen atoms in total. The maximum atomic E-state index is 12.6. The van der Waals surface area contributed by atoms with Gasteiger partial charge in [0.1, 0.15) is 10.6 Å². The second-order valence-corrected chi connectivity index (χ2v) is 9.69. The predicted molar refractivity (Wildman–Crippen MR) is 109 cm³/mol. The van der Waals surface area contributed by atoms with E-state index in [4.69, 9.17) is 9.72 Å². The molecule has 4 rings (SSSR count). The summed E-state index contributed by atoms with van der Waals surface area (Å²) in [5.41, 5.74) is 1.77. The number of aryl methyl sites for hydroxylation is 1. The molecular weight excluding hydrogens is 396 g/mol. The molecule has 1 saturated heterocycles. The molecule has 0 aromatic carbocycles. The summed E-state index contributed by atoms with van der Waals surface area (Å²) in [6.07, 6.45) is 4.29. The monoisotopic (exact) mass is 420 g/mol. The number of likely N-dealkylation sites (tertiary alicyclic amines) is 1. The average molecular weight is 421 g/mol. The molecule has 1 fully saturated rings. The number of hydrogen-bond donors (Lipinski definition) is 0. The van der Waals surface area contributed by atoms with Crippen molar-refractivity contribution < 1.29 is 9.53 Å². The van der Waals surface area contributed by atoms with Crippen LogP contribution in [-0.4, -0.2) is 70.5 Å². The van der Waals surface area contributed by atoms with Crippen LogP contribution in [0.5, 0.6) is 0 Å². The van der Waals surface area contributed by atoms with Gasteiger partial charge >= 0.3 is 0 Å². The maximum absolute atomic E-state index is 12.6. The van der Waals surface area contributed by atoms with E-state index in [0.29, 0.717) is 31.4 Å². The van der Waals surface area contributed by atoms with E-state index >= 15 is 0 Å². The Balaban J connectivity index is 1.42. The van der Waals surface area contributed by atoms with E-state index in [9.17, 15) is 4.79 Å². The Morgan fingerprint density at radius 1 is 1.36 bits per heavy atom. The van der Waals surface area contributed by atoms with Gasteiger partial charge in [-0.1, -0.05) is 23.1 Å². The molecule has 150 valence electrons. The Morgan fingerprint density at radius 2 is 2.14 bits per heavy atom. The van der Waals surface area contributed by atoms with Crippen molar-refractivity contribution in [3.63, 3.8) is 0 Å². The van der Waals surface area contributed by atoms with Crippen LogP contribution in [0.2, 0.25) is 0 Å². The molecule has 2 aliphatic heterocycles. The van der Waals surface area contributed by atoms with Gasteiger partial charge in [0.05, 0.1) is 18.1 Å². The number of aromatic nitrogens is 4. The van der Waals surface area contributed by atoms with Crippen LogP contribution < -0.4 is 4.90 Å². The lowest BCUT2D eigenvalue weighted by Crippen LogP contribution is -2.49. The van der Waals surface area contributed by atoms with Gasteiger partial charge in [-0.25, -0.2) is 9.97 Å². The van der Waals surface area contributed by atoms with Crippen molar-refractivity contribution >= 4 is 35.0 Å². The van der Waals surface area contributed by atoms with Gasteiger partial charge in [0.25, 0.3) is 0 Å². The van der Waals surface area contributed by atoms with Crippen molar-refractivity contribution in [3.05, 3.63) is 22.5 Å². The average Bonchev–Trinajstić information content (AvgIpc) is 3.12. The van der Waals surface area contributed by atoms with E-state index in [1.165, 1.54) is 28.7 Å². The molecular formula is C18H24N6O2S2. The third kappa shape index (κ3) is 3.85. The van der Waals surface area contributed by atoms with Gasteiger partial charge < -0.3 is 14.5 Å². The Morgan fingerprint density at radius 3 is 2.82 bits per heavy atom. The Hall–Kier alpha value is -1.78. The van der Waals surface area contributed by atoms with Gasteiger partial charge in [0.2, 0.25) is 11.9 Å². The number of hydrogen-bond acceptors (Lipinski definition) is 9. The lowest BCUT2D eigenvalue weighted by atomic mass is 9.83. The number of carbonyl (C=O) groups is 1. The fourth-order valence-corrected chi connectivity index (χ4v) is 5.38. The summed E-state index contributed by atoms with van der Waals surface area (Å²) < 4.78 is 7.10. The van der Waals surface area contributed by atoms with Crippen LogP contribution in [0.25, 0.3) is 0 Å². The number of anilines is 1. The van der Waals surface area contributed by atoms with Gasteiger partial charge in [0, 0.05) is 33.4 Å². The Labute approximate surface area is 172 Å². The number of amides is 1. The molecule has 28 heavy (non-hydrogen) atoms. The summed E-state index contributed by atoms with van der Waals surface area (Å²) in [6, 6.07) is 0. The molecule has 0 aliphatic carbocycles. The number of thioether (sulfide) groups is 1. The van der Waals surface area contributed by atoms with Crippen LogP contribution in [0.3, 0.4) is 0 Å². The molecule has 2 aliphatic rings. The van der Waals surface area contributed by atoms with Gasteiger partial charge in [-0.05, 0) is 31.7 Å². The van der Waals surface area contributed by atoms with E-state index < -0.39 is 5.60 Å². The summed E-state index contributed by atoms with van der Waals surface area (Å²) in [4.78, 5) is 25.7. The molecule has 1 amide bonds. The quantitative estimate of drug-likeness (QED) is 0.694. The van der Waals surface area contributed by atoms with E-state index in [-0.39, 0.29) is 5.91 Å². The minimum absolute atomic E-state index is 0.139. The van der Waals surface area contributed by atoms with E-state index in [2.05, 4.69) is 15.2 Å². The van der Waals surface area contributed by atoms with Crippen LogP contribution in [0, 0.1) is 6.92 Å². The summed E-state index contributed by atoms with van der Waals surface area (Å²) in [6.45, 7) is 3.95. The molecule has 0 radical (unpaired) electrons. The lowest BCUT2D eigenvalue weighted by molar-refractivity contribution is -0.138. The van der Waals surface area contributed by atoms with Crippen molar-refractivity contribution in [1.29, 1.82) is 0 Å². The summed E-state index contributed by atoms with van der Waals surface area (Å²) in [5.74, 6) is 1.23. The molecule has 0 N–H and O–H groups in total. The Bertz CT molecular complexity index is 864. The molecule has 0 atom stereocenters. The normalized spacial score (nSPS) is 18.2. The summed E-state index contributed by atoms with van der Waals surface area (Å²) in [5, 5.41) is 8.99. The van der Waals surface area contributed by atoms with Crippen molar-refractivity contribution in [3.8, 4) is 0 Å². The zero-order chi connectivity index (χ0) is 19.7. The lowest BCUT2D eigenvalue weighted by Gasteiger charge is -2.44. The van der Waals surface area contributed by atoms with Crippen molar-refractivity contribution in [2.45, 2.75) is 36.1 Å². The SMILES string of the molecule is Cc1nnc(SCC(=O)N2CCC3(CC2)OCCc2cnc(N(C)C)nc23)s1. The molecule has 1 spiro atoms. The van der Waals surface area contributed by atoms with Gasteiger partial charge in [-0.15, -0.1) is 10.2 Å². The molecule has 0 bridgehead atoms. The third-order valence-corrected chi connectivity index (χ3v) is 7.14. The smallest absolute Gasteiger partial charge is 0.233 e. The minimum Gasteiger partial charge on any atom is -0.368 e. The van der Waals surface area contributed by atoms with Crippen LogP contribution >= 0.6 is 23.1 Å². The van der Waals surface area contributed by atoms with Crippen LogP contribution in [0.1, 0.15) is 29.1 Å². The highest BCUT2D eigenvalue weighted by Crippen LogP contribution is 2.41. The summed E-state index contributed by atoms with van der Waals surface area (Å²) >= 11 is 2.98. The van der Waals surface area contributed by atoms with Crippen molar-refractivity contribution in [1.82, 2.24) is 25.1 Å².